The minimum atomic E-state index is -0.856. The highest BCUT2D eigenvalue weighted by Gasteiger charge is 2.18. The number of unbranched alkanes of at least 4 members (excludes halogenated alkanes) is 47. The Morgan fingerprint density at radius 2 is 0.662 bits per heavy atom. The molecule has 6 heteroatoms. The Labute approximate surface area is 443 Å². The van der Waals surface area contributed by atoms with Crippen molar-refractivity contribution >= 4 is 11.9 Å². The normalized spacial score (nSPS) is 12.7. The molecular weight excluding hydrogens is 875 g/mol. The van der Waals surface area contributed by atoms with E-state index in [9.17, 15) is 19.8 Å². The van der Waals surface area contributed by atoms with Gasteiger partial charge >= 0.3 is 5.97 Å². The van der Waals surface area contributed by atoms with Gasteiger partial charge in [0.1, 0.15) is 0 Å². The summed E-state index contributed by atoms with van der Waals surface area (Å²) in [6.45, 7) is 4.91. The standard InChI is InChI=1S/C65H125NO5/c1-3-5-7-9-11-13-15-17-19-21-22-23-24-26-29-33-37-41-45-49-53-57-63(68)62(61-67)66-64(69)58-54-50-46-42-38-34-30-27-28-32-36-40-44-48-52-56-60-71-65(70)59-55-51-47-43-39-35-31-25-20-18-16-14-12-10-8-6-4-2/h27,30,53,57,62-63,67-68H,3-26,28-29,31-52,54-56,58-61H2,1-2H3,(H,66,69)/b30-27-,57-53+. The molecule has 0 rings (SSSR count). The number of aliphatic hydroxyl groups excluding tert-OH is 2. The van der Waals surface area contributed by atoms with E-state index in [0.717, 1.165) is 64.2 Å². The molecule has 0 spiro atoms. The van der Waals surface area contributed by atoms with Crippen LogP contribution in [0.2, 0.25) is 0 Å². The van der Waals surface area contributed by atoms with E-state index in [1.54, 1.807) is 6.08 Å². The molecule has 0 aromatic carbocycles. The summed E-state index contributed by atoms with van der Waals surface area (Å²) < 4.78 is 5.49. The Morgan fingerprint density at radius 3 is 1.00 bits per heavy atom. The van der Waals surface area contributed by atoms with Gasteiger partial charge in [-0.1, -0.05) is 308 Å². The quantitative estimate of drug-likeness (QED) is 0.0320. The lowest BCUT2D eigenvalue weighted by atomic mass is 10.0. The van der Waals surface area contributed by atoms with Crippen molar-refractivity contribution in [1.29, 1.82) is 0 Å². The average molecular weight is 1000 g/mol. The Balaban J connectivity index is 3.47. The number of hydrogen-bond donors (Lipinski definition) is 3. The molecule has 0 aromatic rings. The van der Waals surface area contributed by atoms with Gasteiger partial charge in [0, 0.05) is 12.8 Å². The second-order valence-electron chi connectivity index (χ2n) is 22.1. The predicted octanol–water partition coefficient (Wildman–Crippen LogP) is 20.2. The highest BCUT2D eigenvalue weighted by atomic mass is 16.5. The van der Waals surface area contributed by atoms with Crippen LogP contribution in [0.3, 0.4) is 0 Å². The summed E-state index contributed by atoms with van der Waals surface area (Å²) in [5.41, 5.74) is 0. The first kappa shape index (κ1) is 69.3. The van der Waals surface area contributed by atoms with E-state index in [4.69, 9.17) is 4.74 Å². The molecule has 2 unspecified atom stereocenters. The second kappa shape index (κ2) is 60.9. The number of amides is 1. The zero-order valence-corrected chi connectivity index (χ0v) is 48.0. The van der Waals surface area contributed by atoms with E-state index >= 15 is 0 Å². The molecule has 0 bridgehead atoms. The summed E-state index contributed by atoms with van der Waals surface area (Å²) in [6, 6.07) is -0.641. The van der Waals surface area contributed by atoms with Crippen molar-refractivity contribution in [3.8, 4) is 0 Å². The van der Waals surface area contributed by atoms with E-state index < -0.39 is 12.1 Å². The third-order valence-corrected chi connectivity index (χ3v) is 15.0. The first-order valence-corrected chi connectivity index (χ1v) is 32.1. The van der Waals surface area contributed by atoms with Gasteiger partial charge in [-0.15, -0.1) is 0 Å². The van der Waals surface area contributed by atoms with Crippen LogP contribution in [0.1, 0.15) is 354 Å². The van der Waals surface area contributed by atoms with E-state index in [1.807, 2.05) is 6.08 Å². The van der Waals surface area contributed by atoms with E-state index in [2.05, 4.69) is 31.3 Å². The van der Waals surface area contributed by atoms with Crippen molar-refractivity contribution in [3.05, 3.63) is 24.3 Å². The number of carbonyl (C=O) groups is 2. The maximum absolute atomic E-state index is 12.5. The number of rotatable bonds is 60. The highest BCUT2D eigenvalue weighted by molar-refractivity contribution is 5.76. The van der Waals surface area contributed by atoms with Crippen LogP contribution < -0.4 is 5.32 Å². The molecular formula is C65H125NO5. The van der Waals surface area contributed by atoms with Crippen LogP contribution in [-0.2, 0) is 14.3 Å². The van der Waals surface area contributed by atoms with Crippen LogP contribution >= 0.6 is 0 Å². The van der Waals surface area contributed by atoms with Crippen LogP contribution in [0, 0.1) is 0 Å². The molecule has 420 valence electrons. The number of carbonyl (C=O) groups excluding carboxylic acids is 2. The summed E-state index contributed by atoms with van der Waals surface area (Å²) in [7, 11) is 0. The van der Waals surface area contributed by atoms with Gasteiger partial charge in [0.25, 0.3) is 0 Å². The molecule has 0 aromatic heterocycles. The minimum Gasteiger partial charge on any atom is -0.466 e. The second-order valence-corrected chi connectivity index (χ2v) is 22.1. The fraction of sp³-hybridized carbons (Fsp3) is 0.908. The molecule has 1 amide bonds. The summed E-state index contributed by atoms with van der Waals surface area (Å²) in [6.07, 6.45) is 75.0. The Bertz CT molecular complexity index is 1110. The molecule has 0 radical (unpaired) electrons. The van der Waals surface area contributed by atoms with Crippen LogP contribution in [0.5, 0.6) is 0 Å². The van der Waals surface area contributed by atoms with Crippen molar-refractivity contribution in [1.82, 2.24) is 5.32 Å². The Kier molecular flexibility index (Phi) is 59.5. The minimum absolute atomic E-state index is 0.000791. The van der Waals surface area contributed by atoms with Crippen molar-refractivity contribution in [3.63, 3.8) is 0 Å². The van der Waals surface area contributed by atoms with Crippen LogP contribution in [0.15, 0.2) is 24.3 Å². The number of nitrogens with one attached hydrogen (secondary N) is 1. The van der Waals surface area contributed by atoms with Crippen molar-refractivity contribution in [2.75, 3.05) is 13.2 Å². The van der Waals surface area contributed by atoms with Crippen molar-refractivity contribution < 1.29 is 24.5 Å². The molecule has 0 saturated carbocycles. The van der Waals surface area contributed by atoms with Gasteiger partial charge in [0.15, 0.2) is 0 Å². The fourth-order valence-corrected chi connectivity index (χ4v) is 10.0. The molecule has 71 heavy (non-hydrogen) atoms. The molecule has 6 nitrogen and oxygen atoms in total. The third-order valence-electron chi connectivity index (χ3n) is 15.0. The van der Waals surface area contributed by atoms with Gasteiger partial charge < -0.3 is 20.3 Å². The van der Waals surface area contributed by atoms with Crippen molar-refractivity contribution in [2.45, 2.75) is 366 Å². The first-order chi connectivity index (χ1) is 35.0. The van der Waals surface area contributed by atoms with E-state index in [1.165, 1.54) is 263 Å². The smallest absolute Gasteiger partial charge is 0.305 e. The van der Waals surface area contributed by atoms with Gasteiger partial charge in [0.2, 0.25) is 5.91 Å². The van der Waals surface area contributed by atoms with Gasteiger partial charge in [-0.2, -0.15) is 0 Å². The number of esters is 1. The summed E-state index contributed by atoms with van der Waals surface area (Å²) in [5.74, 6) is -0.0808. The molecule has 3 N–H and O–H groups in total. The molecule has 0 saturated heterocycles. The topological polar surface area (TPSA) is 95.9 Å². The monoisotopic (exact) mass is 1000 g/mol. The average Bonchev–Trinajstić information content (AvgIpc) is 3.37. The Hall–Kier alpha value is -1.66. The summed E-state index contributed by atoms with van der Waals surface area (Å²) >= 11 is 0. The van der Waals surface area contributed by atoms with Crippen LogP contribution in [-0.4, -0.2) is 47.4 Å². The number of hydrogen-bond acceptors (Lipinski definition) is 5. The lowest BCUT2D eigenvalue weighted by Gasteiger charge is -2.20. The highest BCUT2D eigenvalue weighted by Crippen LogP contribution is 2.18. The van der Waals surface area contributed by atoms with E-state index in [-0.39, 0.29) is 18.5 Å². The fourth-order valence-electron chi connectivity index (χ4n) is 10.0. The van der Waals surface area contributed by atoms with Crippen LogP contribution in [0.4, 0.5) is 0 Å². The molecule has 0 fully saturated rings. The van der Waals surface area contributed by atoms with Crippen LogP contribution in [0.25, 0.3) is 0 Å². The first-order valence-electron chi connectivity index (χ1n) is 32.1. The number of aliphatic hydroxyl groups is 2. The molecule has 0 aliphatic rings. The summed E-state index contributed by atoms with van der Waals surface area (Å²) in [4.78, 5) is 24.6. The lowest BCUT2D eigenvalue weighted by Crippen LogP contribution is -2.45. The summed E-state index contributed by atoms with van der Waals surface area (Å²) in [5, 5.41) is 23.2. The van der Waals surface area contributed by atoms with E-state index in [0.29, 0.717) is 19.4 Å². The van der Waals surface area contributed by atoms with Gasteiger partial charge in [-0.25, -0.2) is 0 Å². The van der Waals surface area contributed by atoms with Gasteiger partial charge in [-0.3, -0.25) is 9.59 Å². The number of allylic oxidation sites excluding steroid dienone is 3. The third kappa shape index (κ3) is 57.5. The zero-order chi connectivity index (χ0) is 51.4. The SMILES string of the molecule is CCCCCCCCCCCCCCCCCCCCC/C=C/C(O)C(CO)NC(=O)CCCCCCC/C=C\CCCCCCCCCOC(=O)CCCCCCCCCCCCCCCCCCC. The molecule has 0 heterocycles. The molecule has 2 atom stereocenters. The maximum Gasteiger partial charge on any atom is 0.305 e. The Morgan fingerprint density at radius 1 is 0.380 bits per heavy atom. The van der Waals surface area contributed by atoms with Crippen molar-refractivity contribution in [2.24, 2.45) is 0 Å². The van der Waals surface area contributed by atoms with Gasteiger partial charge in [0.05, 0.1) is 25.4 Å². The molecule has 0 aliphatic carbocycles. The predicted molar refractivity (Wildman–Crippen MR) is 310 cm³/mol. The zero-order valence-electron chi connectivity index (χ0n) is 48.0. The number of ether oxygens (including phenoxy) is 1. The lowest BCUT2D eigenvalue weighted by molar-refractivity contribution is -0.143. The molecule has 0 aliphatic heterocycles. The maximum atomic E-state index is 12.5. The van der Waals surface area contributed by atoms with Gasteiger partial charge in [-0.05, 0) is 57.8 Å². The largest absolute Gasteiger partial charge is 0.466 e.